The summed E-state index contributed by atoms with van der Waals surface area (Å²) in [5.41, 5.74) is 1.69. The maximum Gasteiger partial charge on any atom is 0.319 e. The summed E-state index contributed by atoms with van der Waals surface area (Å²) < 4.78 is 12.4. The van der Waals surface area contributed by atoms with Gasteiger partial charge in [-0.15, -0.1) is 0 Å². The van der Waals surface area contributed by atoms with E-state index in [0.29, 0.717) is 54.3 Å². The van der Waals surface area contributed by atoms with E-state index < -0.39 is 5.60 Å². The van der Waals surface area contributed by atoms with E-state index >= 15 is 0 Å². The highest BCUT2D eigenvalue weighted by molar-refractivity contribution is 6.03. The van der Waals surface area contributed by atoms with E-state index in [4.69, 9.17) is 19.4 Å². The highest BCUT2D eigenvalue weighted by atomic mass is 16.5. The molecule has 2 aromatic rings. The second kappa shape index (κ2) is 10.2. The minimum atomic E-state index is -0.609. The molecule has 0 radical (unpaired) electrons. The monoisotopic (exact) mass is 508 g/mol. The summed E-state index contributed by atoms with van der Waals surface area (Å²) in [6.45, 7) is 11.6. The van der Waals surface area contributed by atoms with Crippen LogP contribution in [0.25, 0.3) is 11.3 Å². The van der Waals surface area contributed by atoms with Gasteiger partial charge in [0.15, 0.2) is 0 Å². The topological polar surface area (TPSA) is 109 Å². The lowest BCUT2D eigenvalue weighted by Gasteiger charge is -2.28. The minimum absolute atomic E-state index is 0.146. The van der Waals surface area contributed by atoms with Crippen molar-refractivity contribution >= 4 is 23.6 Å². The molecule has 3 aliphatic heterocycles. The second-order valence-corrected chi connectivity index (χ2v) is 10.5. The summed E-state index contributed by atoms with van der Waals surface area (Å²) in [6, 6.07) is 7.07. The zero-order valence-corrected chi connectivity index (χ0v) is 22.0. The number of ether oxygens (including phenoxy) is 2. The first-order valence-electron chi connectivity index (χ1n) is 13.2. The van der Waals surface area contributed by atoms with Crippen molar-refractivity contribution in [2.24, 2.45) is 5.92 Å². The number of aromatic nitrogens is 2. The van der Waals surface area contributed by atoms with Crippen LogP contribution < -0.4 is 20.3 Å². The molecular formula is C27H36N6O4. The lowest BCUT2D eigenvalue weighted by atomic mass is 9.98. The van der Waals surface area contributed by atoms with E-state index in [1.165, 1.54) is 0 Å². The number of fused-ring (bicyclic) bond motifs is 2. The molecule has 10 heteroatoms. The number of carbonyl (C=O) groups is 2. The molecule has 0 bridgehead atoms. The Balaban J connectivity index is 1.57. The molecule has 2 unspecified atom stereocenters. The van der Waals surface area contributed by atoms with E-state index in [0.717, 1.165) is 38.1 Å². The van der Waals surface area contributed by atoms with Crippen molar-refractivity contribution in [1.82, 2.24) is 20.2 Å². The fourth-order valence-electron chi connectivity index (χ4n) is 5.38. The number of amides is 3. The Hall–Kier alpha value is -3.40. The predicted molar refractivity (Wildman–Crippen MR) is 141 cm³/mol. The van der Waals surface area contributed by atoms with Gasteiger partial charge in [-0.05, 0) is 52.7 Å². The molecule has 2 N–H and O–H groups in total. The van der Waals surface area contributed by atoms with Gasteiger partial charge in [0.1, 0.15) is 11.2 Å². The molecule has 0 aliphatic carbocycles. The van der Waals surface area contributed by atoms with Gasteiger partial charge < -0.3 is 29.9 Å². The fourth-order valence-corrected chi connectivity index (χ4v) is 5.38. The predicted octanol–water partition coefficient (Wildman–Crippen LogP) is 3.53. The number of rotatable bonds is 5. The lowest BCUT2D eigenvalue weighted by molar-refractivity contribution is 0.00104. The van der Waals surface area contributed by atoms with Crippen LogP contribution >= 0.6 is 0 Å². The first kappa shape index (κ1) is 25.3. The molecule has 1 aromatic heterocycles. The van der Waals surface area contributed by atoms with E-state index in [9.17, 15) is 9.59 Å². The van der Waals surface area contributed by atoms with Crippen molar-refractivity contribution in [2.75, 3.05) is 49.5 Å². The number of anilines is 2. The average Bonchev–Trinajstić information content (AvgIpc) is 3.27. The van der Waals surface area contributed by atoms with Crippen molar-refractivity contribution in [1.29, 1.82) is 0 Å². The smallest absolute Gasteiger partial charge is 0.319 e. The van der Waals surface area contributed by atoms with Gasteiger partial charge in [-0.1, -0.05) is 12.1 Å². The number of carbonyl (C=O) groups excluding carboxylic acids is 2. The quantitative estimate of drug-likeness (QED) is 0.636. The largest absolute Gasteiger partial charge is 0.469 e. The third-order valence-electron chi connectivity index (χ3n) is 7.16. The van der Waals surface area contributed by atoms with E-state index in [1.54, 1.807) is 17.0 Å². The number of benzene rings is 1. The highest BCUT2D eigenvalue weighted by Gasteiger charge is 2.40. The molecule has 3 amide bonds. The Labute approximate surface area is 217 Å². The SMILES string of the molecule is CCNC(=O)Nc1ccc(-c2nc(N3CC4CCCOC4C3)nc3c2C(=O)N(CC)CC(C)(C)O3)cc1. The normalized spacial score (nSPS) is 22.5. The molecule has 2 saturated heterocycles. The first-order valence-corrected chi connectivity index (χ1v) is 13.2. The summed E-state index contributed by atoms with van der Waals surface area (Å²) in [5.74, 6) is 1.16. The van der Waals surface area contributed by atoms with Crippen LogP contribution in [0.2, 0.25) is 0 Å². The molecule has 3 aliphatic rings. The van der Waals surface area contributed by atoms with Gasteiger partial charge in [0.25, 0.3) is 5.91 Å². The van der Waals surface area contributed by atoms with Gasteiger partial charge in [0.2, 0.25) is 11.8 Å². The summed E-state index contributed by atoms with van der Waals surface area (Å²) in [5, 5.41) is 5.53. The van der Waals surface area contributed by atoms with Gasteiger partial charge in [-0.3, -0.25) is 4.79 Å². The Kier molecular flexibility index (Phi) is 6.94. The summed E-state index contributed by atoms with van der Waals surface area (Å²) in [4.78, 5) is 39.4. The molecule has 198 valence electrons. The van der Waals surface area contributed by atoms with E-state index in [2.05, 4.69) is 15.5 Å². The summed E-state index contributed by atoms with van der Waals surface area (Å²) in [6.07, 6.45) is 2.38. The van der Waals surface area contributed by atoms with Gasteiger partial charge in [0.05, 0.1) is 18.3 Å². The summed E-state index contributed by atoms with van der Waals surface area (Å²) >= 11 is 0. The number of urea groups is 1. The van der Waals surface area contributed by atoms with E-state index in [-0.39, 0.29) is 18.0 Å². The molecule has 4 heterocycles. The molecule has 1 aromatic carbocycles. The lowest BCUT2D eigenvalue weighted by Crippen LogP contribution is -2.42. The number of nitrogens with one attached hydrogen (secondary N) is 2. The molecule has 37 heavy (non-hydrogen) atoms. The highest BCUT2D eigenvalue weighted by Crippen LogP contribution is 2.38. The molecule has 5 rings (SSSR count). The van der Waals surface area contributed by atoms with Gasteiger partial charge >= 0.3 is 6.03 Å². The first-order chi connectivity index (χ1) is 17.8. The third kappa shape index (κ3) is 5.20. The number of hydrogen-bond acceptors (Lipinski definition) is 7. The maximum atomic E-state index is 13.7. The molecule has 10 nitrogen and oxygen atoms in total. The van der Waals surface area contributed by atoms with Crippen LogP contribution in [0.1, 0.15) is 50.9 Å². The van der Waals surface area contributed by atoms with Gasteiger partial charge in [0, 0.05) is 50.0 Å². The number of likely N-dealkylation sites (N-methyl/N-ethyl adjacent to an activating group) is 1. The average molecular weight is 509 g/mol. The molecular weight excluding hydrogens is 472 g/mol. The molecule has 0 spiro atoms. The fraction of sp³-hybridized carbons (Fsp3) is 0.556. The Bertz CT molecular complexity index is 1150. The minimum Gasteiger partial charge on any atom is -0.469 e. The standard InChI is InChI=1S/C27H36N6O4/c1-5-28-26(35)29-19-11-9-17(10-12-19)22-21-23(37-27(3,4)16-32(6-2)24(21)34)31-25(30-22)33-14-18-8-7-13-36-20(18)15-33/h9-12,18,20H,5-8,13-16H2,1-4H3,(H2,28,29,35). The zero-order chi connectivity index (χ0) is 26.2. The van der Waals surface area contributed by atoms with Crippen LogP contribution in [0.3, 0.4) is 0 Å². The number of nitrogens with zero attached hydrogens (tertiary/aromatic N) is 4. The van der Waals surface area contributed by atoms with Crippen molar-refractivity contribution < 1.29 is 19.1 Å². The van der Waals surface area contributed by atoms with Crippen LogP contribution in [0.4, 0.5) is 16.4 Å². The molecule has 2 fully saturated rings. The summed E-state index contributed by atoms with van der Waals surface area (Å²) in [7, 11) is 0. The third-order valence-corrected chi connectivity index (χ3v) is 7.16. The van der Waals surface area contributed by atoms with Crippen molar-refractivity contribution in [2.45, 2.75) is 52.2 Å². The molecule has 0 saturated carbocycles. The van der Waals surface area contributed by atoms with Crippen molar-refractivity contribution in [3.8, 4) is 17.1 Å². The zero-order valence-electron chi connectivity index (χ0n) is 22.0. The van der Waals surface area contributed by atoms with Crippen molar-refractivity contribution in [3.05, 3.63) is 29.8 Å². The Morgan fingerprint density at radius 3 is 2.65 bits per heavy atom. The Morgan fingerprint density at radius 1 is 1.16 bits per heavy atom. The van der Waals surface area contributed by atoms with Crippen LogP contribution in [-0.4, -0.2) is 77.8 Å². The van der Waals surface area contributed by atoms with Gasteiger partial charge in [-0.2, -0.15) is 4.98 Å². The number of hydrogen-bond donors (Lipinski definition) is 2. The Morgan fingerprint density at radius 2 is 1.95 bits per heavy atom. The van der Waals surface area contributed by atoms with Crippen LogP contribution in [0.5, 0.6) is 5.88 Å². The van der Waals surface area contributed by atoms with Crippen LogP contribution in [-0.2, 0) is 4.74 Å². The van der Waals surface area contributed by atoms with E-state index in [1.807, 2.05) is 39.8 Å². The van der Waals surface area contributed by atoms with Crippen LogP contribution in [0.15, 0.2) is 24.3 Å². The molecule has 2 atom stereocenters. The van der Waals surface area contributed by atoms with Crippen LogP contribution in [0, 0.1) is 5.92 Å². The van der Waals surface area contributed by atoms with Crippen molar-refractivity contribution in [3.63, 3.8) is 0 Å². The second-order valence-electron chi connectivity index (χ2n) is 10.5. The maximum absolute atomic E-state index is 13.7. The van der Waals surface area contributed by atoms with Gasteiger partial charge in [-0.25, -0.2) is 9.78 Å².